The van der Waals surface area contributed by atoms with Crippen molar-refractivity contribution in [3.8, 4) is 0 Å². The molecule has 1 heterocycles. The van der Waals surface area contributed by atoms with Gasteiger partial charge in [0, 0.05) is 34.1 Å². The summed E-state index contributed by atoms with van der Waals surface area (Å²) in [5.41, 5.74) is 1.17. The highest BCUT2D eigenvalue weighted by molar-refractivity contribution is 9.09. The van der Waals surface area contributed by atoms with Crippen LogP contribution in [0.1, 0.15) is 18.3 Å². The van der Waals surface area contributed by atoms with Gasteiger partial charge in [0.1, 0.15) is 12.2 Å². The van der Waals surface area contributed by atoms with Gasteiger partial charge in [-0.25, -0.2) is 4.98 Å². The van der Waals surface area contributed by atoms with E-state index in [-0.39, 0.29) is 5.41 Å². The molecular formula is C14H16Br2ClN3. The fraction of sp³-hybridized carbons (Fsp3) is 0.429. The van der Waals surface area contributed by atoms with Crippen LogP contribution in [0.25, 0.3) is 0 Å². The maximum atomic E-state index is 5.99. The van der Waals surface area contributed by atoms with E-state index in [0.29, 0.717) is 0 Å². The molecule has 2 rings (SSSR count). The van der Waals surface area contributed by atoms with Gasteiger partial charge in [-0.1, -0.05) is 55.6 Å². The minimum absolute atomic E-state index is 0.0649. The quantitative estimate of drug-likeness (QED) is 0.654. The minimum Gasteiger partial charge on any atom is -0.250 e. The molecule has 0 atom stereocenters. The summed E-state index contributed by atoms with van der Waals surface area (Å²) in [4.78, 5) is 4.39. The van der Waals surface area contributed by atoms with Crippen LogP contribution in [-0.4, -0.2) is 25.4 Å². The van der Waals surface area contributed by atoms with Gasteiger partial charge in [-0.2, -0.15) is 5.10 Å². The smallest absolute Gasteiger partial charge is 0.138 e. The van der Waals surface area contributed by atoms with Crippen LogP contribution in [0.3, 0.4) is 0 Å². The number of halogens is 3. The third-order valence-corrected chi connectivity index (χ3v) is 5.86. The lowest BCUT2D eigenvalue weighted by Gasteiger charge is -2.30. The summed E-state index contributed by atoms with van der Waals surface area (Å²) in [6.45, 7) is 2.90. The normalized spacial score (nSPS) is 11.8. The molecule has 0 N–H and O–H groups in total. The molecule has 1 aromatic heterocycles. The van der Waals surface area contributed by atoms with E-state index in [1.165, 1.54) is 5.56 Å². The Hall–Kier alpha value is -0.390. The Labute approximate surface area is 141 Å². The SMILES string of the molecule is CCn1ncnc1CC(CBr)(CBr)c1ccc(Cl)cc1. The first-order chi connectivity index (χ1) is 9.65. The predicted octanol–water partition coefficient (Wildman–Crippen LogP) is 4.22. The van der Waals surface area contributed by atoms with Gasteiger partial charge in [0.2, 0.25) is 0 Å². The summed E-state index contributed by atoms with van der Waals surface area (Å²) < 4.78 is 1.94. The van der Waals surface area contributed by atoms with Crippen LogP contribution in [0.2, 0.25) is 5.02 Å². The molecule has 0 bridgehead atoms. The minimum atomic E-state index is -0.0649. The monoisotopic (exact) mass is 419 g/mol. The molecule has 0 unspecified atom stereocenters. The largest absolute Gasteiger partial charge is 0.250 e. The summed E-state index contributed by atoms with van der Waals surface area (Å²) in [7, 11) is 0. The van der Waals surface area contributed by atoms with Crippen molar-refractivity contribution in [3.05, 3.63) is 47.0 Å². The molecule has 0 amide bonds. The fourth-order valence-electron chi connectivity index (χ4n) is 2.18. The molecule has 3 nitrogen and oxygen atoms in total. The van der Waals surface area contributed by atoms with Gasteiger partial charge >= 0.3 is 0 Å². The van der Waals surface area contributed by atoms with Crippen molar-refractivity contribution in [3.63, 3.8) is 0 Å². The van der Waals surface area contributed by atoms with Crippen molar-refractivity contribution >= 4 is 43.5 Å². The molecule has 0 fully saturated rings. The number of hydrogen-bond donors (Lipinski definition) is 0. The lowest BCUT2D eigenvalue weighted by atomic mass is 9.81. The number of nitrogens with zero attached hydrogens (tertiary/aromatic N) is 3. The molecule has 1 aromatic carbocycles. The zero-order valence-electron chi connectivity index (χ0n) is 11.2. The van der Waals surface area contributed by atoms with Crippen molar-refractivity contribution in [1.82, 2.24) is 14.8 Å². The third kappa shape index (κ3) is 3.26. The van der Waals surface area contributed by atoms with Crippen molar-refractivity contribution in [2.45, 2.75) is 25.3 Å². The lowest BCUT2D eigenvalue weighted by molar-refractivity contribution is 0.500. The van der Waals surface area contributed by atoms with Crippen LogP contribution in [0.4, 0.5) is 0 Å². The summed E-state index contributed by atoms with van der Waals surface area (Å²) in [5.74, 6) is 1.00. The Kier molecular flexibility index (Phi) is 5.64. The highest BCUT2D eigenvalue weighted by Crippen LogP contribution is 2.33. The van der Waals surface area contributed by atoms with E-state index < -0.39 is 0 Å². The van der Waals surface area contributed by atoms with Gasteiger partial charge < -0.3 is 0 Å². The maximum absolute atomic E-state index is 5.99. The van der Waals surface area contributed by atoms with Crippen LogP contribution in [0, 0.1) is 0 Å². The van der Waals surface area contributed by atoms with Gasteiger partial charge in [0.05, 0.1) is 0 Å². The fourth-order valence-corrected chi connectivity index (χ4v) is 4.28. The van der Waals surface area contributed by atoms with E-state index in [1.54, 1.807) is 6.33 Å². The lowest BCUT2D eigenvalue weighted by Crippen LogP contribution is -2.34. The molecule has 0 aliphatic carbocycles. The molecule has 108 valence electrons. The highest BCUT2D eigenvalue weighted by atomic mass is 79.9. The van der Waals surface area contributed by atoms with Gasteiger partial charge in [0.25, 0.3) is 0 Å². The second-order valence-corrected chi connectivity index (χ2v) is 6.28. The maximum Gasteiger partial charge on any atom is 0.138 e. The van der Waals surface area contributed by atoms with Crippen LogP contribution in [-0.2, 0) is 18.4 Å². The van der Waals surface area contributed by atoms with Crippen molar-refractivity contribution in [2.75, 3.05) is 10.7 Å². The Morgan fingerprint density at radius 1 is 1.20 bits per heavy atom. The van der Waals surface area contributed by atoms with Crippen LogP contribution in [0.5, 0.6) is 0 Å². The summed E-state index contributed by atoms with van der Waals surface area (Å²) in [6.07, 6.45) is 2.44. The molecule has 6 heteroatoms. The summed E-state index contributed by atoms with van der Waals surface area (Å²) in [6, 6.07) is 8.03. The number of hydrogen-bond acceptors (Lipinski definition) is 2. The van der Waals surface area contributed by atoms with Crippen LogP contribution < -0.4 is 0 Å². The average molecular weight is 422 g/mol. The van der Waals surface area contributed by atoms with Crippen molar-refractivity contribution < 1.29 is 0 Å². The number of rotatable bonds is 6. The zero-order valence-corrected chi connectivity index (χ0v) is 15.1. The molecule has 0 saturated carbocycles. The molecule has 0 aliphatic heterocycles. The average Bonchev–Trinajstić information content (AvgIpc) is 2.93. The van der Waals surface area contributed by atoms with Crippen LogP contribution in [0.15, 0.2) is 30.6 Å². The van der Waals surface area contributed by atoms with Gasteiger partial charge in [0.15, 0.2) is 0 Å². The van der Waals surface area contributed by atoms with E-state index in [4.69, 9.17) is 11.6 Å². The molecule has 0 aliphatic rings. The molecule has 0 radical (unpaired) electrons. The Balaban J connectivity index is 2.36. The number of alkyl halides is 2. The number of benzene rings is 1. The molecular weight excluding hydrogens is 405 g/mol. The van der Waals surface area contributed by atoms with E-state index in [9.17, 15) is 0 Å². The van der Waals surface area contributed by atoms with Gasteiger partial charge in [-0.05, 0) is 24.6 Å². The zero-order chi connectivity index (χ0) is 14.6. The van der Waals surface area contributed by atoms with Crippen LogP contribution >= 0.6 is 43.5 Å². The number of aryl methyl sites for hydroxylation is 1. The molecule has 0 saturated heterocycles. The summed E-state index contributed by atoms with van der Waals surface area (Å²) >= 11 is 13.3. The molecule has 0 spiro atoms. The second kappa shape index (κ2) is 7.05. The first-order valence-corrected chi connectivity index (χ1v) is 9.02. The highest BCUT2D eigenvalue weighted by Gasteiger charge is 2.32. The second-order valence-electron chi connectivity index (χ2n) is 4.72. The van der Waals surface area contributed by atoms with Crippen molar-refractivity contribution in [1.29, 1.82) is 0 Å². The van der Waals surface area contributed by atoms with E-state index in [0.717, 1.165) is 34.5 Å². The van der Waals surface area contributed by atoms with Gasteiger partial charge in [-0.15, -0.1) is 0 Å². The summed E-state index contributed by atoms with van der Waals surface area (Å²) in [5, 5.41) is 6.68. The first-order valence-electron chi connectivity index (χ1n) is 6.40. The standard InChI is InChI=1S/C14H16Br2ClN3/c1-2-20-13(18-10-19-20)7-14(8-15,9-16)11-3-5-12(17)6-4-11/h3-6,10H,2,7-9H2,1H3. The molecule has 2 aromatic rings. The van der Waals surface area contributed by atoms with Gasteiger partial charge in [-0.3, -0.25) is 4.68 Å². The Bertz CT molecular complexity index is 550. The Morgan fingerprint density at radius 2 is 1.85 bits per heavy atom. The number of aromatic nitrogens is 3. The predicted molar refractivity (Wildman–Crippen MR) is 90.1 cm³/mol. The van der Waals surface area contributed by atoms with E-state index in [2.05, 4.69) is 61.0 Å². The first kappa shape index (κ1) is 16.0. The molecule has 20 heavy (non-hydrogen) atoms. The van der Waals surface area contributed by atoms with E-state index in [1.807, 2.05) is 16.8 Å². The third-order valence-electron chi connectivity index (χ3n) is 3.46. The van der Waals surface area contributed by atoms with E-state index >= 15 is 0 Å². The Morgan fingerprint density at radius 3 is 2.40 bits per heavy atom. The topological polar surface area (TPSA) is 30.7 Å². The van der Waals surface area contributed by atoms with Crippen molar-refractivity contribution in [2.24, 2.45) is 0 Å².